The number of likely N-dealkylation sites (tertiary alicyclic amines) is 1. The number of carbonyl (C=O) groups is 5. The van der Waals surface area contributed by atoms with Crippen molar-refractivity contribution >= 4 is 57.9 Å². The maximum Gasteiger partial charge on any atom is 0.255 e. The van der Waals surface area contributed by atoms with Crippen LogP contribution in [0.1, 0.15) is 79.8 Å². The van der Waals surface area contributed by atoms with E-state index in [2.05, 4.69) is 16.9 Å². The average Bonchev–Trinajstić information content (AvgIpc) is 3.76. The van der Waals surface area contributed by atoms with Crippen LogP contribution in [0.15, 0.2) is 54.9 Å². The molecule has 2 aromatic heterocycles. The summed E-state index contributed by atoms with van der Waals surface area (Å²) in [6, 6.07) is 12.5. The van der Waals surface area contributed by atoms with Crippen molar-refractivity contribution in [3.8, 4) is 16.9 Å². The highest BCUT2D eigenvalue weighted by molar-refractivity contribution is 6.38. The Morgan fingerprint density at radius 2 is 1.76 bits per heavy atom. The van der Waals surface area contributed by atoms with Crippen LogP contribution in [0.5, 0.6) is 5.75 Å². The Kier molecular flexibility index (Phi) is 11.0. The first kappa shape index (κ1) is 37.1. The third-order valence-corrected chi connectivity index (χ3v) is 11.3. The van der Waals surface area contributed by atoms with E-state index in [4.69, 9.17) is 16.3 Å². The number of pyridine rings is 1. The number of aryl methyl sites for hydroxylation is 1. The van der Waals surface area contributed by atoms with Gasteiger partial charge in [0.2, 0.25) is 17.7 Å². The maximum absolute atomic E-state index is 13.3. The van der Waals surface area contributed by atoms with Crippen molar-refractivity contribution in [2.24, 2.45) is 0 Å². The normalized spacial score (nSPS) is 17.6. The third-order valence-electron chi connectivity index (χ3n) is 10.9. The van der Waals surface area contributed by atoms with Gasteiger partial charge >= 0.3 is 0 Å². The molecule has 12 nitrogen and oxygen atoms in total. The van der Waals surface area contributed by atoms with Crippen LogP contribution in [-0.2, 0) is 32.1 Å². The van der Waals surface area contributed by atoms with E-state index < -0.39 is 6.04 Å². The Morgan fingerprint density at radius 1 is 0.963 bits per heavy atom. The van der Waals surface area contributed by atoms with Gasteiger partial charge < -0.3 is 24.4 Å². The van der Waals surface area contributed by atoms with Crippen LogP contribution < -0.4 is 9.64 Å². The number of fused-ring (bicyclic) bond motifs is 2. The zero-order valence-electron chi connectivity index (χ0n) is 30.7. The zero-order valence-corrected chi connectivity index (χ0v) is 31.5. The number of benzene rings is 2. The number of amides is 5. The Labute approximate surface area is 319 Å². The Hall–Kier alpha value is -5.23. The number of rotatable bonds is 13. The Bertz CT molecular complexity index is 2110. The summed E-state index contributed by atoms with van der Waals surface area (Å²) in [5.74, 6) is -0.248. The predicted octanol–water partition coefficient (Wildman–Crippen LogP) is 6.14. The summed E-state index contributed by atoms with van der Waals surface area (Å²) in [5, 5.41) is 1.55. The van der Waals surface area contributed by atoms with Crippen LogP contribution in [0.3, 0.4) is 0 Å². The second kappa shape index (κ2) is 16.0. The molecule has 7 rings (SSSR count). The largest absolute Gasteiger partial charge is 0.493 e. The molecule has 4 aromatic rings. The molecular weight excluding hydrogens is 708 g/mol. The van der Waals surface area contributed by atoms with E-state index in [0.29, 0.717) is 48.9 Å². The molecule has 2 fully saturated rings. The van der Waals surface area contributed by atoms with Gasteiger partial charge in [0.15, 0.2) is 0 Å². The van der Waals surface area contributed by atoms with Gasteiger partial charge in [0, 0.05) is 73.1 Å². The number of hydrogen-bond acceptors (Lipinski definition) is 7. The molecule has 0 radical (unpaired) electrons. The number of nitrogens with zero attached hydrogens (tertiary/aromatic N) is 5. The molecule has 0 aliphatic carbocycles. The molecule has 1 unspecified atom stereocenters. The Balaban J connectivity index is 0.826. The molecule has 0 spiro atoms. The number of ether oxygens (including phenoxy) is 1. The summed E-state index contributed by atoms with van der Waals surface area (Å²) in [6.07, 6.45) is 9.85. The molecule has 2 aromatic carbocycles. The van der Waals surface area contributed by atoms with Crippen LogP contribution in [0.2, 0.25) is 5.02 Å². The molecule has 2 saturated heterocycles. The highest BCUT2D eigenvalue weighted by Gasteiger charge is 2.42. The number of aromatic nitrogens is 2. The summed E-state index contributed by atoms with van der Waals surface area (Å²) < 4.78 is 6.09. The average molecular weight is 753 g/mol. The number of likely N-dealkylation sites (N-methyl/N-ethyl adjacent to an activating group) is 1. The van der Waals surface area contributed by atoms with Crippen molar-refractivity contribution in [3.05, 3.63) is 76.6 Å². The van der Waals surface area contributed by atoms with E-state index in [1.807, 2.05) is 36.5 Å². The molecular formula is C41H45ClN6O6. The summed E-state index contributed by atoms with van der Waals surface area (Å²) in [5.41, 5.74) is 5.63. The number of H-pyrrole nitrogens is 1. The van der Waals surface area contributed by atoms with Gasteiger partial charge in [-0.2, -0.15) is 0 Å². The van der Waals surface area contributed by atoms with Crippen molar-refractivity contribution < 1.29 is 28.7 Å². The van der Waals surface area contributed by atoms with Gasteiger partial charge in [-0.25, -0.2) is 4.98 Å². The highest BCUT2D eigenvalue weighted by atomic mass is 35.5. The second-order valence-corrected chi connectivity index (χ2v) is 14.6. The number of piperidine rings is 1. The predicted molar refractivity (Wildman–Crippen MR) is 205 cm³/mol. The lowest BCUT2D eigenvalue weighted by molar-refractivity contribution is -0.150. The molecule has 1 atom stereocenters. The second-order valence-electron chi connectivity index (χ2n) is 14.2. The fourth-order valence-electron chi connectivity index (χ4n) is 7.75. The molecule has 3 aliphatic heterocycles. The number of anilines is 1. The van der Waals surface area contributed by atoms with Gasteiger partial charge in [0.1, 0.15) is 24.0 Å². The summed E-state index contributed by atoms with van der Waals surface area (Å²) in [7, 11) is 1.46. The van der Waals surface area contributed by atoms with Gasteiger partial charge in [-0.05, 0) is 61.1 Å². The van der Waals surface area contributed by atoms with Crippen molar-refractivity contribution in [3.63, 3.8) is 0 Å². The molecule has 54 heavy (non-hydrogen) atoms. The van der Waals surface area contributed by atoms with Crippen molar-refractivity contribution in [2.45, 2.75) is 77.3 Å². The number of carbonyl (C=O) groups excluding carboxylic acids is 5. The minimum absolute atomic E-state index is 0.000770. The van der Waals surface area contributed by atoms with Crippen LogP contribution in [0.25, 0.3) is 22.2 Å². The first-order valence-corrected chi connectivity index (χ1v) is 19.2. The molecule has 0 saturated carbocycles. The smallest absolute Gasteiger partial charge is 0.255 e. The Morgan fingerprint density at radius 3 is 2.57 bits per heavy atom. The molecule has 1 N–H and O–H groups in total. The standard InChI is InChI=1S/C41H45ClN6O6/c1-3-26-22-43-39-37(26)38(42)30(23-44-39)27-11-9-12-28(21-27)47-19-18-46(25-36(47)51)35(50)15-7-5-4-6-8-20-54-33-14-10-13-29-31(33)24-48(40(29)52)32-16-17-34(49)45(2)41(32)53/h9-14,21-23,32H,3-8,15-20,24-25H2,1-2H3,(H,43,44). The van der Waals surface area contributed by atoms with Crippen molar-refractivity contribution in [2.75, 3.05) is 38.2 Å². The SMILES string of the molecule is CCc1c[nH]c2ncc(-c3cccc(N4CCN(C(=O)CCCCCCCOc5cccc6c5CN(C5CCC(=O)N(C)C5=O)C6=O)CC4=O)c3)c(Cl)c12. The third kappa shape index (κ3) is 7.31. The first-order valence-electron chi connectivity index (χ1n) is 18.8. The quantitative estimate of drug-likeness (QED) is 0.128. The molecule has 282 valence electrons. The van der Waals surface area contributed by atoms with Crippen LogP contribution in [-0.4, -0.2) is 93.5 Å². The number of piperazine rings is 1. The van der Waals surface area contributed by atoms with E-state index in [1.165, 1.54) is 7.05 Å². The monoisotopic (exact) mass is 752 g/mol. The van der Waals surface area contributed by atoms with E-state index in [9.17, 15) is 24.0 Å². The number of nitrogens with one attached hydrogen (secondary N) is 1. The number of aromatic amines is 1. The number of unbranched alkanes of at least 4 members (excludes halogenated alkanes) is 4. The molecule has 5 heterocycles. The summed E-state index contributed by atoms with van der Waals surface area (Å²) in [6.45, 7) is 3.80. The molecule has 5 amide bonds. The lowest BCUT2D eigenvalue weighted by atomic mass is 10.0. The van der Waals surface area contributed by atoms with Gasteiger partial charge in [0.25, 0.3) is 11.8 Å². The van der Waals surface area contributed by atoms with Crippen molar-refractivity contribution in [1.82, 2.24) is 24.7 Å². The van der Waals surface area contributed by atoms with Crippen LogP contribution in [0.4, 0.5) is 5.69 Å². The lowest BCUT2D eigenvalue weighted by Gasteiger charge is -2.34. The fraction of sp³-hybridized carbons (Fsp3) is 0.415. The van der Waals surface area contributed by atoms with Gasteiger partial charge in [-0.1, -0.05) is 56.0 Å². The summed E-state index contributed by atoms with van der Waals surface area (Å²) >= 11 is 6.87. The van der Waals surface area contributed by atoms with Gasteiger partial charge in [0.05, 0.1) is 18.2 Å². The molecule has 3 aliphatic rings. The van der Waals surface area contributed by atoms with Crippen LogP contribution >= 0.6 is 11.6 Å². The van der Waals surface area contributed by atoms with Crippen LogP contribution in [0, 0.1) is 0 Å². The van der Waals surface area contributed by atoms with Crippen molar-refractivity contribution in [1.29, 1.82) is 0 Å². The minimum atomic E-state index is -0.648. The van der Waals surface area contributed by atoms with E-state index in [-0.39, 0.29) is 49.0 Å². The number of hydrogen-bond donors (Lipinski definition) is 1. The fourth-order valence-corrected chi connectivity index (χ4v) is 8.12. The lowest BCUT2D eigenvalue weighted by Crippen LogP contribution is -2.53. The summed E-state index contributed by atoms with van der Waals surface area (Å²) in [4.78, 5) is 78.0. The first-order chi connectivity index (χ1) is 26.2. The van der Waals surface area contributed by atoms with Gasteiger partial charge in [-0.15, -0.1) is 0 Å². The number of imide groups is 1. The van der Waals surface area contributed by atoms with E-state index in [1.54, 1.807) is 33.0 Å². The topological polar surface area (TPSA) is 136 Å². The number of halogens is 1. The minimum Gasteiger partial charge on any atom is -0.493 e. The maximum atomic E-state index is 13.3. The van der Waals surface area contributed by atoms with E-state index >= 15 is 0 Å². The molecule has 13 heteroatoms. The molecule has 0 bridgehead atoms. The van der Waals surface area contributed by atoms with E-state index in [0.717, 1.165) is 82.4 Å². The zero-order chi connectivity index (χ0) is 37.9. The van der Waals surface area contributed by atoms with Gasteiger partial charge in [-0.3, -0.25) is 28.9 Å². The highest BCUT2D eigenvalue weighted by Crippen LogP contribution is 2.37.